The van der Waals surface area contributed by atoms with E-state index in [-0.39, 0.29) is 46.0 Å². The van der Waals surface area contributed by atoms with Crippen molar-refractivity contribution in [2.24, 2.45) is 0 Å². The molecule has 2 aromatic carbocycles. The van der Waals surface area contributed by atoms with Gasteiger partial charge < -0.3 is 20.0 Å². The van der Waals surface area contributed by atoms with Crippen molar-refractivity contribution in [1.82, 2.24) is 0 Å². The van der Waals surface area contributed by atoms with Crippen LogP contribution in [-0.4, -0.2) is 25.2 Å². The van der Waals surface area contributed by atoms with Crippen LogP contribution in [0.4, 0.5) is 0 Å². The van der Waals surface area contributed by atoms with Gasteiger partial charge in [-0.05, 0) is 74.8 Å². The van der Waals surface area contributed by atoms with Crippen LogP contribution in [0.2, 0.25) is 0 Å². The van der Waals surface area contributed by atoms with E-state index < -0.39 is 12.8 Å². The van der Waals surface area contributed by atoms with Gasteiger partial charge in [0, 0.05) is 0 Å². The summed E-state index contributed by atoms with van der Waals surface area (Å²) in [5.41, 5.74) is 3.24. The Morgan fingerprint density at radius 3 is 0.895 bits per heavy atom. The Hall–Kier alpha value is -1.81. The summed E-state index contributed by atoms with van der Waals surface area (Å²) in [7, 11) is -4.59. The molecule has 0 heterocycles. The van der Waals surface area contributed by atoms with Crippen molar-refractivity contribution in [3.8, 4) is 11.5 Å². The second-order valence-corrected chi connectivity index (χ2v) is 17.6. The third kappa shape index (κ3) is 7.03. The van der Waals surface area contributed by atoms with Crippen LogP contribution in [0.3, 0.4) is 0 Å². The number of aromatic hydroxyl groups is 2. The monoisotopic (exact) mass is 546 g/mol. The van der Waals surface area contributed by atoms with Gasteiger partial charge in [0.25, 0.3) is 0 Å². The molecule has 0 saturated heterocycles. The van der Waals surface area contributed by atoms with Gasteiger partial charge in [-0.1, -0.05) is 107 Å². The molecule has 0 amide bonds. The number of rotatable bonds is 5. The summed E-state index contributed by atoms with van der Waals surface area (Å²) in [4.78, 5) is 21.4. The van der Waals surface area contributed by atoms with Gasteiger partial charge in [-0.2, -0.15) is 0 Å². The van der Waals surface area contributed by atoms with Gasteiger partial charge in [-0.3, -0.25) is 4.57 Å². The van der Waals surface area contributed by atoms with E-state index in [0.717, 1.165) is 33.4 Å². The molecule has 5 nitrogen and oxygen atoms in total. The Labute approximate surface area is 230 Å². The minimum atomic E-state index is -4.59. The molecule has 0 radical (unpaired) electrons. The molecule has 0 fully saturated rings. The van der Waals surface area contributed by atoms with Gasteiger partial charge in [0.1, 0.15) is 11.5 Å². The SMILES string of the molecule is CC(C)(C)c1cc(CC(C)(Cc2cc(C(C)(C)C)c(O)c(C(C)(C)C)c2)P(=O)(O)O)cc(C(C)(C)C)c1O. The Bertz CT molecular complexity index is 1070. The smallest absolute Gasteiger partial charge is 0.332 e. The number of benzene rings is 2. The molecular weight excluding hydrogens is 495 g/mol. The van der Waals surface area contributed by atoms with Crippen LogP contribution >= 0.6 is 7.60 Å². The van der Waals surface area contributed by atoms with Gasteiger partial charge in [0.2, 0.25) is 0 Å². The number of hydrogen-bond acceptors (Lipinski definition) is 3. The van der Waals surface area contributed by atoms with Crippen LogP contribution in [0.5, 0.6) is 11.5 Å². The highest BCUT2D eigenvalue weighted by Gasteiger charge is 2.43. The van der Waals surface area contributed by atoms with Crippen molar-refractivity contribution in [2.45, 2.75) is 130 Å². The van der Waals surface area contributed by atoms with Crippen molar-refractivity contribution in [1.29, 1.82) is 0 Å². The zero-order chi connectivity index (χ0) is 29.9. The Balaban J connectivity index is 2.77. The second-order valence-electron chi connectivity index (χ2n) is 15.5. The molecule has 0 bridgehead atoms. The van der Waals surface area contributed by atoms with Crippen molar-refractivity contribution >= 4 is 7.60 Å². The minimum absolute atomic E-state index is 0.139. The highest BCUT2D eigenvalue weighted by Crippen LogP contribution is 2.55. The predicted molar refractivity (Wildman–Crippen MR) is 159 cm³/mol. The molecule has 0 spiro atoms. The standard InChI is InChI=1S/C32H51O5P/c1-28(2,3)22-14-20(15-23(26(22)33)29(4,5)6)18-32(13,38(35,36)37)19-21-16-24(30(7,8)9)27(34)25(17-21)31(10,11)12/h14-17,33-34H,18-19H2,1-13H3,(H2,35,36,37). The first-order valence-electron chi connectivity index (χ1n) is 13.5. The van der Waals surface area contributed by atoms with E-state index in [2.05, 4.69) is 0 Å². The summed E-state index contributed by atoms with van der Waals surface area (Å²) in [5.74, 6) is 0.490. The molecule has 6 heteroatoms. The van der Waals surface area contributed by atoms with Gasteiger partial charge in [0.05, 0.1) is 5.16 Å². The maximum Gasteiger partial charge on any atom is 0.332 e. The van der Waals surface area contributed by atoms with Gasteiger partial charge >= 0.3 is 7.60 Å². The average Bonchev–Trinajstić information content (AvgIpc) is 2.66. The lowest BCUT2D eigenvalue weighted by Crippen LogP contribution is -2.32. The number of phenolic OH excluding ortho intramolecular Hbond substituents is 2. The molecule has 0 unspecified atom stereocenters. The highest BCUT2D eigenvalue weighted by molar-refractivity contribution is 7.53. The number of hydrogen-bond donors (Lipinski definition) is 4. The molecule has 0 aliphatic heterocycles. The van der Waals surface area contributed by atoms with Crippen LogP contribution < -0.4 is 0 Å². The number of phenols is 2. The molecule has 0 aromatic heterocycles. The largest absolute Gasteiger partial charge is 0.507 e. The van der Waals surface area contributed by atoms with E-state index in [1.807, 2.05) is 107 Å². The summed E-state index contributed by atoms with van der Waals surface area (Å²) >= 11 is 0. The first-order valence-corrected chi connectivity index (χ1v) is 15.1. The fourth-order valence-corrected chi connectivity index (χ4v) is 5.80. The van der Waals surface area contributed by atoms with E-state index in [1.54, 1.807) is 6.92 Å². The molecule has 0 atom stereocenters. The first kappa shape index (κ1) is 32.4. The van der Waals surface area contributed by atoms with Crippen molar-refractivity contribution in [2.75, 3.05) is 0 Å². The summed E-state index contributed by atoms with van der Waals surface area (Å²) in [6.07, 6.45) is 0.278. The quantitative estimate of drug-likeness (QED) is 0.285. The Morgan fingerprint density at radius 2 is 0.737 bits per heavy atom. The Morgan fingerprint density at radius 1 is 0.526 bits per heavy atom. The molecule has 0 saturated carbocycles. The van der Waals surface area contributed by atoms with Gasteiger partial charge in [-0.15, -0.1) is 0 Å². The van der Waals surface area contributed by atoms with Crippen molar-refractivity contribution < 1.29 is 24.6 Å². The van der Waals surface area contributed by atoms with Gasteiger partial charge in [-0.25, -0.2) is 0 Å². The maximum absolute atomic E-state index is 13.1. The van der Waals surface area contributed by atoms with Crippen LogP contribution in [0.1, 0.15) is 123 Å². The fraction of sp³-hybridized carbons (Fsp3) is 0.625. The third-order valence-electron chi connectivity index (χ3n) is 7.44. The third-order valence-corrected chi connectivity index (χ3v) is 9.17. The lowest BCUT2D eigenvalue weighted by molar-refractivity contribution is 0.326. The highest BCUT2D eigenvalue weighted by atomic mass is 31.2. The fourth-order valence-electron chi connectivity index (χ4n) is 5.03. The molecule has 4 N–H and O–H groups in total. The molecule has 38 heavy (non-hydrogen) atoms. The topological polar surface area (TPSA) is 98.0 Å². The molecule has 2 rings (SSSR count). The summed E-state index contributed by atoms with van der Waals surface area (Å²) < 4.78 is 13.1. The van der Waals surface area contributed by atoms with E-state index in [4.69, 9.17) is 0 Å². The van der Waals surface area contributed by atoms with Crippen molar-refractivity contribution in [3.05, 3.63) is 57.6 Å². The zero-order valence-electron chi connectivity index (χ0n) is 25.9. The van der Waals surface area contributed by atoms with Crippen LogP contribution in [-0.2, 0) is 39.1 Å². The molecular formula is C32H51O5P. The zero-order valence-corrected chi connectivity index (χ0v) is 26.8. The van der Waals surface area contributed by atoms with E-state index >= 15 is 0 Å². The maximum atomic E-state index is 13.1. The molecule has 0 aliphatic carbocycles. The van der Waals surface area contributed by atoms with Crippen LogP contribution in [0.25, 0.3) is 0 Å². The van der Waals surface area contributed by atoms with E-state index in [1.165, 1.54) is 0 Å². The lowest BCUT2D eigenvalue weighted by atomic mass is 9.76. The summed E-state index contributed by atoms with van der Waals surface area (Å²) in [6.45, 7) is 26.0. The summed E-state index contributed by atoms with van der Waals surface area (Å²) in [6, 6.07) is 7.60. The van der Waals surface area contributed by atoms with Crippen molar-refractivity contribution in [3.63, 3.8) is 0 Å². The van der Waals surface area contributed by atoms with Gasteiger partial charge in [0.15, 0.2) is 0 Å². The van der Waals surface area contributed by atoms with Crippen LogP contribution in [0.15, 0.2) is 24.3 Å². The molecule has 214 valence electrons. The summed E-state index contributed by atoms with van der Waals surface area (Å²) in [5, 5.41) is 20.9. The molecule has 0 aliphatic rings. The lowest BCUT2D eigenvalue weighted by Gasteiger charge is -2.34. The molecule has 2 aromatic rings. The first-order chi connectivity index (χ1) is 16.7. The van der Waals surface area contributed by atoms with E-state index in [9.17, 15) is 24.6 Å². The minimum Gasteiger partial charge on any atom is -0.507 e. The van der Waals surface area contributed by atoms with E-state index in [0.29, 0.717) is 0 Å². The normalized spacial score (nSPS) is 14.2. The average molecular weight is 547 g/mol. The Kier molecular flexibility index (Phi) is 8.51. The van der Waals surface area contributed by atoms with Crippen LogP contribution in [0, 0.1) is 0 Å². The predicted octanol–water partition coefficient (Wildman–Crippen LogP) is 8.01. The second kappa shape index (κ2) is 9.98.